The number of H-pyrrole nitrogens is 1. The van der Waals surface area contributed by atoms with Crippen molar-refractivity contribution in [3.8, 4) is 0 Å². The van der Waals surface area contributed by atoms with Crippen LogP contribution in [0.3, 0.4) is 0 Å². The summed E-state index contributed by atoms with van der Waals surface area (Å²) in [4.78, 5) is 21.5. The quantitative estimate of drug-likeness (QED) is 0.799. The summed E-state index contributed by atoms with van der Waals surface area (Å²) < 4.78 is 0. The molecule has 2 aromatic rings. The maximum atomic E-state index is 11.9. The van der Waals surface area contributed by atoms with Crippen LogP contribution in [0.5, 0.6) is 0 Å². The van der Waals surface area contributed by atoms with Crippen LogP contribution >= 0.6 is 11.3 Å². The molecule has 1 N–H and O–H groups in total. The molecule has 0 atom stereocenters. The van der Waals surface area contributed by atoms with Gasteiger partial charge in [0.15, 0.2) is 0 Å². The van der Waals surface area contributed by atoms with E-state index in [-0.39, 0.29) is 5.56 Å². The first-order chi connectivity index (χ1) is 7.29. The highest BCUT2D eigenvalue weighted by atomic mass is 32.1. The molecule has 1 aliphatic rings. The fourth-order valence-electron chi connectivity index (χ4n) is 2.21. The van der Waals surface area contributed by atoms with Gasteiger partial charge in [0.1, 0.15) is 10.7 Å². The topological polar surface area (TPSA) is 45.8 Å². The molecule has 0 amide bonds. The standard InChI is InChI=1S/C11H12N2OS/c1-2-8-12-10(14)9-6-4-3-5-7(6)15-11(9)13-8/h2-5H2,1H3,(H,12,13,14). The highest BCUT2D eigenvalue weighted by molar-refractivity contribution is 7.18. The number of aryl methyl sites for hydroxylation is 3. The molecule has 0 bridgehead atoms. The second kappa shape index (κ2) is 3.17. The Morgan fingerprint density at radius 2 is 2.33 bits per heavy atom. The number of nitrogens with one attached hydrogen (secondary N) is 1. The maximum Gasteiger partial charge on any atom is 0.259 e. The fraction of sp³-hybridized carbons (Fsp3) is 0.455. The minimum absolute atomic E-state index is 0.0521. The third-order valence-corrected chi connectivity index (χ3v) is 4.14. The van der Waals surface area contributed by atoms with Gasteiger partial charge in [-0.2, -0.15) is 0 Å². The predicted molar refractivity (Wildman–Crippen MR) is 61.6 cm³/mol. The molecule has 2 heterocycles. The minimum atomic E-state index is 0.0521. The van der Waals surface area contributed by atoms with E-state index < -0.39 is 0 Å². The van der Waals surface area contributed by atoms with E-state index in [1.807, 2.05) is 6.92 Å². The number of fused-ring (bicyclic) bond motifs is 3. The molecule has 0 spiro atoms. The zero-order valence-corrected chi connectivity index (χ0v) is 9.41. The van der Waals surface area contributed by atoms with E-state index in [9.17, 15) is 4.79 Å². The molecular weight excluding hydrogens is 208 g/mol. The molecule has 0 saturated heterocycles. The van der Waals surface area contributed by atoms with Gasteiger partial charge in [0.25, 0.3) is 5.56 Å². The number of nitrogens with zero attached hydrogens (tertiary/aromatic N) is 1. The van der Waals surface area contributed by atoms with E-state index >= 15 is 0 Å². The van der Waals surface area contributed by atoms with Crippen LogP contribution in [0.25, 0.3) is 10.2 Å². The molecule has 3 rings (SSSR count). The third-order valence-electron chi connectivity index (χ3n) is 2.96. The monoisotopic (exact) mass is 220 g/mol. The van der Waals surface area contributed by atoms with Crippen LogP contribution < -0.4 is 5.56 Å². The molecule has 0 saturated carbocycles. The normalized spacial score (nSPS) is 14.7. The first kappa shape index (κ1) is 9.09. The van der Waals surface area contributed by atoms with E-state index in [2.05, 4.69) is 9.97 Å². The van der Waals surface area contributed by atoms with Crippen molar-refractivity contribution in [3.05, 3.63) is 26.6 Å². The summed E-state index contributed by atoms with van der Waals surface area (Å²) in [6.45, 7) is 2.01. The molecule has 2 aromatic heterocycles. The SMILES string of the molecule is CCc1nc2sc3c(c2c(=O)[nH]1)CCC3. The molecule has 15 heavy (non-hydrogen) atoms. The van der Waals surface area contributed by atoms with Crippen LogP contribution in [0.1, 0.15) is 29.6 Å². The molecular formula is C11H12N2OS. The van der Waals surface area contributed by atoms with Gasteiger partial charge in [-0.1, -0.05) is 6.92 Å². The van der Waals surface area contributed by atoms with Crippen LogP contribution in [0.2, 0.25) is 0 Å². The van der Waals surface area contributed by atoms with Crippen molar-refractivity contribution in [1.82, 2.24) is 9.97 Å². The highest BCUT2D eigenvalue weighted by Crippen LogP contribution is 2.34. The summed E-state index contributed by atoms with van der Waals surface area (Å²) in [5, 5.41) is 0.852. The van der Waals surface area contributed by atoms with Gasteiger partial charge in [-0.3, -0.25) is 4.79 Å². The maximum absolute atomic E-state index is 11.9. The van der Waals surface area contributed by atoms with Crippen molar-refractivity contribution < 1.29 is 0 Å². The fourth-order valence-corrected chi connectivity index (χ4v) is 3.50. The van der Waals surface area contributed by atoms with Gasteiger partial charge in [-0.25, -0.2) is 4.98 Å². The Morgan fingerprint density at radius 3 is 3.13 bits per heavy atom. The van der Waals surface area contributed by atoms with E-state index in [0.29, 0.717) is 0 Å². The summed E-state index contributed by atoms with van der Waals surface area (Å²) >= 11 is 1.70. The van der Waals surface area contributed by atoms with Gasteiger partial charge in [0, 0.05) is 11.3 Å². The highest BCUT2D eigenvalue weighted by Gasteiger charge is 2.20. The van der Waals surface area contributed by atoms with Gasteiger partial charge < -0.3 is 4.98 Å². The summed E-state index contributed by atoms with van der Waals surface area (Å²) in [5.74, 6) is 0.799. The second-order valence-electron chi connectivity index (χ2n) is 3.90. The number of aromatic nitrogens is 2. The lowest BCUT2D eigenvalue weighted by Crippen LogP contribution is -2.11. The largest absolute Gasteiger partial charge is 0.310 e. The number of aromatic amines is 1. The molecule has 0 aromatic carbocycles. The molecule has 1 aliphatic carbocycles. The Bertz CT molecular complexity index is 582. The van der Waals surface area contributed by atoms with E-state index in [1.54, 1.807) is 11.3 Å². The zero-order valence-electron chi connectivity index (χ0n) is 8.59. The second-order valence-corrected chi connectivity index (χ2v) is 4.99. The number of hydrogen-bond acceptors (Lipinski definition) is 3. The molecule has 3 nitrogen and oxygen atoms in total. The van der Waals surface area contributed by atoms with Crippen LogP contribution in [-0.4, -0.2) is 9.97 Å². The Morgan fingerprint density at radius 1 is 1.47 bits per heavy atom. The molecule has 0 unspecified atom stereocenters. The van der Waals surface area contributed by atoms with Crippen molar-refractivity contribution in [2.24, 2.45) is 0 Å². The van der Waals surface area contributed by atoms with Gasteiger partial charge in [0.2, 0.25) is 0 Å². The van der Waals surface area contributed by atoms with Crippen molar-refractivity contribution in [1.29, 1.82) is 0 Å². The van der Waals surface area contributed by atoms with Crippen LogP contribution in [-0.2, 0) is 19.3 Å². The lowest BCUT2D eigenvalue weighted by Gasteiger charge is -1.96. The number of rotatable bonds is 1. The zero-order chi connectivity index (χ0) is 10.4. The smallest absolute Gasteiger partial charge is 0.259 e. The Labute approximate surface area is 91.2 Å². The number of hydrogen-bond donors (Lipinski definition) is 1. The lowest BCUT2D eigenvalue weighted by atomic mass is 10.2. The van der Waals surface area contributed by atoms with Gasteiger partial charge in [-0.15, -0.1) is 11.3 Å². The van der Waals surface area contributed by atoms with Crippen LogP contribution in [0, 0.1) is 0 Å². The molecule has 0 radical (unpaired) electrons. The van der Waals surface area contributed by atoms with Gasteiger partial charge >= 0.3 is 0 Å². The molecule has 4 heteroatoms. The van der Waals surface area contributed by atoms with E-state index in [1.165, 1.54) is 16.9 Å². The van der Waals surface area contributed by atoms with Gasteiger partial charge in [0.05, 0.1) is 5.39 Å². The predicted octanol–water partition coefficient (Wildman–Crippen LogP) is 2.04. The lowest BCUT2D eigenvalue weighted by molar-refractivity contribution is 0.913. The van der Waals surface area contributed by atoms with Crippen molar-refractivity contribution in [2.45, 2.75) is 32.6 Å². The van der Waals surface area contributed by atoms with Crippen molar-refractivity contribution in [2.75, 3.05) is 0 Å². The molecule has 0 aliphatic heterocycles. The molecule has 0 fully saturated rings. The van der Waals surface area contributed by atoms with Crippen LogP contribution in [0.15, 0.2) is 4.79 Å². The first-order valence-electron chi connectivity index (χ1n) is 5.33. The minimum Gasteiger partial charge on any atom is -0.310 e. The summed E-state index contributed by atoms with van der Waals surface area (Å²) in [6, 6.07) is 0. The summed E-state index contributed by atoms with van der Waals surface area (Å²) in [6.07, 6.45) is 4.14. The Kier molecular flexibility index (Phi) is 1.92. The first-order valence-corrected chi connectivity index (χ1v) is 6.14. The Hall–Kier alpha value is -1.16. The molecule has 78 valence electrons. The van der Waals surface area contributed by atoms with Gasteiger partial charge in [-0.05, 0) is 24.8 Å². The van der Waals surface area contributed by atoms with Crippen molar-refractivity contribution in [3.63, 3.8) is 0 Å². The summed E-state index contributed by atoms with van der Waals surface area (Å²) in [5.41, 5.74) is 1.31. The Balaban J connectivity index is 2.39. The third kappa shape index (κ3) is 1.24. The van der Waals surface area contributed by atoms with E-state index in [4.69, 9.17) is 0 Å². The average molecular weight is 220 g/mol. The average Bonchev–Trinajstić information content (AvgIpc) is 2.75. The van der Waals surface area contributed by atoms with Crippen molar-refractivity contribution >= 4 is 21.6 Å². The van der Waals surface area contributed by atoms with Crippen LogP contribution in [0.4, 0.5) is 0 Å². The summed E-state index contributed by atoms with van der Waals surface area (Å²) in [7, 11) is 0. The number of thiophene rings is 1. The van der Waals surface area contributed by atoms with E-state index in [0.717, 1.165) is 35.3 Å².